The second-order valence-corrected chi connectivity index (χ2v) is 10.4. The van der Waals surface area contributed by atoms with Gasteiger partial charge in [0.1, 0.15) is 0 Å². The van der Waals surface area contributed by atoms with E-state index in [1.54, 1.807) is 0 Å². The van der Waals surface area contributed by atoms with E-state index in [-0.39, 0.29) is 0 Å². The van der Waals surface area contributed by atoms with Crippen LogP contribution in [-0.2, 0) is 8.85 Å². The molecule has 0 atom stereocenters. The molecule has 0 bridgehead atoms. The first-order valence-corrected chi connectivity index (χ1v) is 11.0. The van der Waals surface area contributed by atoms with Gasteiger partial charge in [-0.05, 0) is 65.8 Å². The monoisotopic (exact) mass is 376 g/mol. The average Bonchev–Trinajstić information content (AvgIpc) is 2.57. The molecule has 2 aromatic carbocycles. The molecule has 0 aromatic heterocycles. The third kappa shape index (κ3) is 7.85. The number of hydrogen-bond donors (Lipinski definition) is 0. The molecule has 0 unspecified atom stereocenters. The summed E-state index contributed by atoms with van der Waals surface area (Å²) in [6, 6.07) is 19.7. The van der Waals surface area contributed by atoms with Crippen LogP contribution in [0.15, 0.2) is 60.7 Å². The highest BCUT2D eigenvalue weighted by molar-refractivity contribution is 6.83. The SMILES string of the molecule is CC(C)(C)O[Si](C#Cc1ccccc1)(C#Cc1ccccc1)OC(C)(C)C. The maximum absolute atomic E-state index is 6.41. The summed E-state index contributed by atoms with van der Waals surface area (Å²) in [6.45, 7) is 12.1. The van der Waals surface area contributed by atoms with Crippen molar-refractivity contribution in [2.24, 2.45) is 0 Å². The number of benzene rings is 2. The Morgan fingerprint density at radius 1 is 0.593 bits per heavy atom. The van der Waals surface area contributed by atoms with Crippen LogP contribution in [0.1, 0.15) is 52.7 Å². The molecule has 27 heavy (non-hydrogen) atoms. The minimum atomic E-state index is -3.15. The van der Waals surface area contributed by atoms with Gasteiger partial charge in [0.25, 0.3) is 0 Å². The van der Waals surface area contributed by atoms with Crippen LogP contribution in [0.3, 0.4) is 0 Å². The third-order valence-corrected chi connectivity index (χ3v) is 5.90. The van der Waals surface area contributed by atoms with Crippen LogP contribution in [0.2, 0.25) is 0 Å². The Balaban J connectivity index is 2.55. The maximum atomic E-state index is 6.41. The van der Waals surface area contributed by atoms with Crippen molar-refractivity contribution >= 4 is 8.56 Å². The zero-order chi connectivity index (χ0) is 20.0. The topological polar surface area (TPSA) is 18.5 Å². The van der Waals surface area contributed by atoms with E-state index in [1.807, 2.05) is 102 Å². The molecule has 0 spiro atoms. The summed E-state index contributed by atoms with van der Waals surface area (Å²) in [7, 11) is -3.15. The van der Waals surface area contributed by atoms with Gasteiger partial charge in [0.2, 0.25) is 0 Å². The molecule has 0 amide bonds. The standard InChI is InChI=1S/C24H28O2Si/c1-23(2,3)25-27(26-24(4,5)6,19-17-21-13-9-7-10-14-21)20-18-22-15-11-8-12-16-22/h7-16H,1-6H3. The molecule has 0 heterocycles. The highest BCUT2D eigenvalue weighted by Gasteiger charge is 2.43. The Morgan fingerprint density at radius 2 is 0.926 bits per heavy atom. The van der Waals surface area contributed by atoms with Crippen molar-refractivity contribution in [3.63, 3.8) is 0 Å². The van der Waals surface area contributed by atoms with Crippen molar-refractivity contribution in [2.45, 2.75) is 52.7 Å². The van der Waals surface area contributed by atoms with E-state index in [2.05, 4.69) is 22.9 Å². The molecule has 0 aliphatic heterocycles. The molecule has 2 rings (SSSR count). The van der Waals surface area contributed by atoms with Crippen LogP contribution in [0.4, 0.5) is 0 Å². The summed E-state index contributed by atoms with van der Waals surface area (Å²) in [4.78, 5) is 0. The van der Waals surface area contributed by atoms with E-state index in [0.29, 0.717) is 0 Å². The lowest BCUT2D eigenvalue weighted by Crippen LogP contribution is -2.50. The van der Waals surface area contributed by atoms with Crippen molar-refractivity contribution < 1.29 is 8.85 Å². The van der Waals surface area contributed by atoms with Crippen molar-refractivity contribution in [3.05, 3.63) is 71.8 Å². The minimum absolute atomic E-state index is 0.422. The first kappa shape index (κ1) is 21.0. The molecule has 0 N–H and O–H groups in total. The van der Waals surface area contributed by atoms with E-state index in [9.17, 15) is 0 Å². The molecule has 0 fully saturated rings. The second kappa shape index (κ2) is 8.59. The van der Waals surface area contributed by atoms with Gasteiger partial charge in [-0.15, -0.1) is 0 Å². The average molecular weight is 377 g/mol. The molecule has 0 aliphatic carbocycles. The van der Waals surface area contributed by atoms with Crippen LogP contribution in [-0.4, -0.2) is 19.8 Å². The molecule has 3 heteroatoms. The molecule has 0 radical (unpaired) electrons. The first-order valence-electron chi connectivity index (χ1n) is 9.14. The zero-order valence-electron chi connectivity index (χ0n) is 17.1. The van der Waals surface area contributed by atoms with Crippen LogP contribution in [0, 0.1) is 22.9 Å². The Kier molecular flexibility index (Phi) is 6.68. The van der Waals surface area contributed by atoms with E-state index < -0.39 is 19.8 Å². The predicted molar refractivity (Wildman–Crippen MR) is 114 cm³/mol. The lowest BCUT2D eigenvalue weighted by molar-refractivity contribution is 0.0308. The van der Waals surface area contributed by atoms with Crippen LogP contribution >= 0.6 is 0 Å². The van der Waals surface area contributed by atoms with Crippen molar-refractivity contribution in [1.29, 1.82) is 0 Å². The normalized spacial score (nSPS) is 11.8. The third-order valence-electron chi connectivity index (χ3n) is 3.19. The highest BCUT2D eigenvalue weighted by atomic mass is 28.4. The molecule has 2 nitrogen and oxygen atoms in total. The summed E-state index contributed by atoms with van der Waals surface area (Å²) in [5, 5.41) is 0. The summed E-state index contributed by atoms with van der Waals surface area (Å²) in [6.07, 6.45) is 0. The van der Waals surface area contributed by atoms with Crippen LogP contribution in [0.25, 0.3) is 0 Å². The van der Waals surface area contributed by atoms with Gasteiger partial charge < -0.3 is 8.85 Å². The first-order chi connectivity index (χ1) is 12.6. The Bertz CT molecular complexity index is 776. The molecular weight excluding hydrogens is 348 g/mol. The fourth-order valence-corrected chi connectivity index (χ4v) is 5.02. The Labute approximate surface area is 165 Å². The predicted octanol–water partition coefficient (Wildman–Crippen LogP) is 5.24. The zero-order valence-corrected chi connectivity index (χ0v) is 18.1. The van der Waals surface area contributed by atoms with Gasteiger partial charge in [-0.3, -0.25) is 0 Å². The largest absolute Gasteiger partial charge is 0.512 e. The van der Waals surface area contributed by atoms with Crippen LogP contribution < -0.4 is 0 Å². The number of rotatable bonds is 2. The van der Waals surface area contributed by atoms with Gasteiger partial charge >= 0.3 is 8.56 Å². The Hall–Kier alpha value is -2.30. The quantitative estimate of drug-likeness (QED) is 0.527. The highest BCUT2D eigenvalue weighted by Crippen LogP contribution is 2.23. The van der Waals surface area contributed by atoms with Gasteiger partial charge in [-0.1, -0.05) is 59.3 Å². The molecule has 0 aliphatic rings. The summed E-state index contributed by atoms with van der Waals surface area (Å²) in [5.41, 5.74) is 7.61. The summed E-state index contributed by atoms with van der Waals surface area (Å²) in [5.74, 6) is 6.45. The lowest BCUT2D eigenvalue weighted by atomic mass is 10.2. The van der Waals surface area contributed by atoms with Gasteiger partial charge in [0.15, 0.2) is 0 Å². The van der Waals surface area contributed by atoms with Crippen molar-refractivity contribution in [2.75, 3.05) is 0 Å². The van der Waals surface area contributed by atoms with Gasteiger partial charge in [0.05, 0.1) is 11.2 Å². The van der Waals surface area contributed by atoms with E-state index in [0.717, 1.165) is 11.1 Å². The fraction of sp³-hybridized carbons (Fsp3) is 0.333. The van der Waals surface area contributed by atoms with E-state index >= 15 is 0 Å². The van der Waals surface area contributed by atoms with E-state index in [1.165, 1.54) is 0 Å². The smallest absolute Gasteiger partial charge is 0.371 e. The molecular formula is C24H28O2Si. The van der Waals surface area contributed by atoms with Gasteiger partial charge in [-0.2, -0.15) is 0 Å². The summed E-state index contributed by atoms with van der Waals surface area (Å²) >= 11 is 0. The van der Waals surface area contributed by atoms with E-state index in [4.69, 9.17) is 8.85 Å². The van der Waals surface area contributed by atoms with Gasteiger partial charge in [-0.25, -0.2) is 0 Å². The van der Waals surface area contributed by atoms with Crippen molar-refractivity contribution in [3.8, 4) is 22.9 Å². The van der Waals surface area contributed by atoms with Gasteiger partial charge in [0, 0.05) is 11.1 Å². The Morgan fingerprint density at radius 3 is 1.22 bits per heavy atom. The van der Waals surface area contributed by atoms with Crippen molar-refractivity contribution in [1.82, 2.24) is 0 Å². The minimum Gasteiger partial charge on any atom is -0.371 e. The fourth-order valence-electron chi connectivity index (χ4n) is 2.37. The molecule has 2 aromatic rings. The van der Waals surface area contributed by atoms with Crippen LogP contribution in [0.5, 0.6) is 0 Å². The summed E-state index contributed by atoms with van der Waals surface area (Å²) < 4.78 is 12.8. The molecule has 140 valence electrons. The molecule has 0 saturated carbocycles. The maximum Gasteiger partial charge on any atom is 0.512 e. The second-order valence-electron chi connectivity index (χ2n) is 8.28. The molecule has 0 saturated heterocycles. The lowest BCUT2D eigenvalue weighted by Gasteiger charge is -2.34. The number of hydrogen-bond acceptors (Lipinski definition) is 2.